The van der Waals surface area contributed by atoms with E-state index in [4.69, 9.17) is 14.2 Å². The summed E-state index contributed by atoms with van der Waals surface area (Å²) in [6.07, 6.45) is 6.43. The van der Waals surface area contributed by atoms with Crippen molar-refractivity contribution in [2.45, 2.75) is 79.1 Å². The van der Waals surface area contributed by atoms with Gasteiger partial charge in [0.2, 0.25) is 0 Å². The smallest absolute Gasteiger partial charge is 0.311 e. The number of carbonyl (C=O) groups is 2. The van der Waals surface area contributed by atoms with E-state index in [2.05, 4.69) is 27.7 Å². The standard InChI is InChI=1S/C23H36O5/c1-17(2)10-6-8-12-22(24)27-20-15-14-19(26-5)16-21(20)28-23(25)13-9-7-11-18(3)4/h14-18H,6-13H2,1-5H3. The molecule has 0 spiro atoms. The molecule has 0 aliphatic carbocycles. The highest BCUT2D eigenvalue weighted by atomic mass is 16.6. The second-order valence-corrected chi connectivity index (χ2v) is 8.04. The highest BCUT2D eigenvalue weighted by Gasteiger charge is 2.15. The van der Waals surface area contributed by atoms with Crippen LogP contribution in [0.1, 0.15) is 79.1 Å². The van der Waals surface area contributed by atoms with Gasteiger partial charge in [0, 0.05) is 18.9 Å². The van der Waals surface area contributed by atoms with Crippen LogP contribution < -0.4 is 14.2 Å². The van der Waals surface area contributed by atoms with Crippen LogP contribution in [-0.2, 0) is 9.59 Å². The van der Waals surface area contributed by atoms with Crippen LogP contribution in [0.3, 0.4) is 0 Å². The van der Waals surface area contributed by atoms with Gasteiger partial charge in [-0.3, -0.25) is 9.59 Å². The van der Waals surface area contributed by atoms with Crippen molar-refractivity contribution in [2.24, 2.45) is 11.8 Å². The van der Waals surface area contributed by atoms with Crippen LogP contribution in [0.15, 0.2) is 18.2 Å². The predicted molar refractivity (Wildman–Crippen MR) is 111 cm³/mol. The zero-order chi connectivity index (χ0) is 20.9. The molecule has 0 unspecified atom stereocenters. The first-order chi connectivity index (χ1) is 13.3. The van der Waals surface area contributed by atoms with Gasteiger partial charge in [0.1, 0.15) is 5.75 Å². The molecule has 0 fully saturated rings. The van der Waals surface area contributed by atoms with E-state index in [1.807, 2.05) is 0 Å². The van der Waals surface area contributed by atoms with E-state index in [9.17, 15) is 9.59 Å². The van der Waals surface area contributed by atoms with Crippen LogP contribution in [0.5, 0.6) is 17.2 Å². The number of methoxy groups -OCH3 is 1. The summed E-state index contributed by atoms with van der Waals surface area (Å²) in [7, 11) is 1.53. The number of ether oxygens (including phenoxy) is 3. The summed E-state index contributed by atoms with van der Waals surface area (Å²) in [5.41, 5.74) is 0. The van der Waals surface area contributed by atoms with Crippen molar-refractivity contribution >= 4 is 11.9 Å². The predicted octanol–water partition coefficient (Wildman–Crippen LogP) is 5.94. The van der Waals surface area contributed by atoms with Crippen molar-refractivity contribution in [3.63, 3.8) is 0 Å². The fourth-order valence-corrected chi connectivity index (χ4v) is 2.77. The van der Waals surface area contributed by atoms with Crippen LogP contribution in [0.2, 0.25) is 0 Å². The van der Waals surface area contributed by atoms with Gasteiger partial charge in [-0.1, -0.05) is 53.4 Å². The third-order valence-corrected chi connectivity index (χ3v) is 4.42. The maximum atomic E-state index is 12.2. The number of benzene rings is 1. The Labute approximate surface area is 169 Å². The Bertz CT molecular complexity index is 607. The van der Waals surface area contributed by atoms with Gasteiger partial charge < -0.3 is 14.2 Å². The Kier molecular flexibility index (Phi) is 11.3. The van der Waals surface area contributed by atoms with E-state index in [1.165, 1.54) is 7.11 Å². The average molecular weight is 393 g/mol. The molecule has 0 N–H and O–H groups in total. The highest BCUT2D eigenvalue weighted by molar-refractivity contribution is 5.76. The van der Waals surface area contributed by atoms with E-state index >= 15 is 0 Å². The molecule has 0 aliphatic rings. The number of hydrogen-bond acceptors (Lipinski definition) is 5. The summed E-state index contributed by atoms with van der Waals surface area (Å²) in [6, 6.07) is 4.86. The summed E-state index contributed by atoms with van der Waals surface area (Å²) in [4.78, 5) is 24.3. The fraction of sp³-hybridized carbons (Fsp3) is 0.652. The second kappa shape index (κ2) is 13.2. The van der Waals surface area contributed by atoms with Gasteiger partial charge in [0.05, 0.1) is 7.11 Å². The summed E-state index contributed by atoms with van der Waals surface area (Å²) < 4.78 is 16.1. The van der Waals surface area contributed by atoms with Crippen LogP contribution >= 0.6 is 0 Å². The highest BCUT2D eigenvalue weighted by Crippen LogP contribution is 2.32. The average Bonchev–Trinajstić information content (AvgIpc) is 2.63. The summed E-state index contributed by atoms with van der Waals surface area (Å²) in [5, 5.41) is 0. The lowest BCUT2D eigenvalue weighted by Crippen LogP contribution is -2.12. The van der Waals surface area contributed by atoms with Gasteiger partial charge >= 0.3 is 11.9 Å². The zero-order valence-corrected chi connectivity index (χ0v) is 18.1. The van der Waals surface area contributed by atoms with E-state index < -0.39 is 0 Å². The van der Waals surface area contributed by atoms with E-state index in [-0.39, 0.29) is 23.4 Å². The molecular weight excluding hydrogens is 356 g/mol. The molecule has 1 aromatic carbocycles. The number of carbonyl (C=O) groups excluding carboxylic acids is 2. The molecule has 1 rings (SSSR count). The first-order valence-corrected chi connectivity index (χ1v) is 10.4. The van der Waals surface area contributed by atoms with Crippen molar-refractivity contribution in [1.29, 1.82) is 0 Å². The lowest BCUT2D eigenvalue weighted by Gasteiger charge is -2.12. The van der Waals surface area contributed by atoms with Crippen LogP contribution in [0, 0.1) is 11.8 Å². The SMILES string of the molecule is COc1ccc(OC(=O)CCCCC(C)C)c(OC(=O)CCCCC(C)C)c1. The minimum atomic E-state index is -0.328. The molecule has 28 heavy (non-hydrogen) atoms. The molecule has 0 atom stereocenters. The number of esters is 2. The van der Waals surface area contributed by atoms with Crippen LogP contribution in [-0.4, -0.2) is 19.0 Å². The van der Waals surface area contributed by atoms with Gasteiger partial charge in [-0.2, -0.15) is 0 Å². The Balaban J connectivity index is 2.61. The Hall–Kier alpha value is -2.04. The minimum absolute atomic E-state index is 0.226. The molecule has 0 aromatic heterocycles. The molecule has 158 valence electrons. The Morgan fingerprint density at radius 2 is 1.29 bits per heavy atom. The van der Waals surface area contributed by atoms with Gasteiger partial charge in [0.15, 0.2) is 11.5 Å². The van der Waals surface area contributed by atoms with Gasteiger partial charge in [-0.05, 0) is 36.8 Å². The van der Waals surface area contributed by atoms with Crippen LogP contribution in [0.4, 0.5) is 0 Å². The third-order valence-electron chi connectivity index (χ3n) is 4.42. The van der Waals surface area contributed by atoms with Crippen molar-refractivity contribution in [3.05, 3.63) is 18.2 Å². The lowest BCUT2D eigenvalue weighted by atomic mass is 10.1. The quantitative estimate of drug-likeness (QED) is 0.236. The monoisotopic (exact) mass is 392 g/mol. The van der Waals surface area contributed by atoms with Crippen molar-refractivity contribution in [1.82, 2.24) is 0 Å². The molecule has 0 amide bonds. The first-order valence-electron chi connectivity index (χ1n) is 10.4. The molecule has 0 heterocycles. The zero-order valence-electron chi connectivity index (χ0n) is 18.1. The summed E-state index contributed by atoms with van der Waals surface area (Å²) >= 11 is 0. The van der Waals surface area contributed by atoms with Crippen molar-refractivity contribution in [3.8, 4) is 17.2 Å². The maximum absolute atomic E-state index is 12.2. The second-order valence-electron chi connectivity index (χ2n) is 8.04. The molecule has 0 aliphatic heterocycles. The van der Waals surface area contributed by atoms with Crippen molar-refractivity contribution in [2.75, 3.05) is 7.11 Å². The fourth-order valence-electron chi connectivity index (χ4n) is 2.77. The Morgan fingerprint density at radius 3 is 1.75 bits per heavy atom. The topological polar surface area (TPSA) is 61.8 Å². The first kappa shape index (κ1) is 24.0. The van der Waals surface area contributed by atoms with Crippen molar-refractivity contribution < 1.29 is 23.8 Å². The third kappa shape index (κ3) is 10.3. The molecule has 5 nitrogen and oxygen atoms in total. The number of hydrogen-bond donors (Lipinski definition) is 0. The summed E-state index contributed by atoms with van der Waals surface area (Å²) in [6.45, 7) is 8.66. The maximum Gasteiger partial charge on any atom is 0.311 e. The lowest BCUT2D eigenvalue weighted by molar-refractivity contribution is -0.137. The number of rotatable bonds is 13. The normalized spacial score (nSPS) is 11.0. The van der Waals surface area contributed by atoms with E-state index in [0.29, 0.717) is 30.4 Å². The van der Waals surface area contributed by atoms with Gasteiger partial charge in [0.25, 0.3) is 0 Å². The molecule has 0 saturated heterocycles. The Morgan fingerprint density at radius 1 is 0.786 bits per heavy atom. The van der Waals surface area contributed by atoms with E-state index in [1.54, 1.807) is 18.2 Å². The summed E-state index contributed by atoms with van der Waals surface area (Å²) in [5.74, 6) is 1.63. The minimum Gasteiger partial charge on any atom is -0.497 e. The number of unbranched alkanes of at least 4 members (excludes halogenated alkanes) is 2. The van der Waals surface area contributed by atoms with Crippen LogP contribution in [0.25, 0.3) is 0 Å². The van der Waals surface area contributed by atoms with Gasteiger partial charge in [-0.25, -0.2) is 0 Å². The molecular formula is C23H36O5. The molecule has 5 heteroatoms. The molecule has 0 bridgehead atoms. The largest absolute Gasteiger partial charge is 0.497 e. The molecule has 1 aromatic rings. The van der Waals surface area contributed by atoms with Gasteiger partial charge in [-0.15, -0.1) is 0 Å². The van der Waals surface area contributed by atoms with E-state index in [0.717, 1.165) is 38.5 Å². The molecule has 0 saturated carbocycles. The molecule has 0 radical (unpaired) electrons.